The van der Waals surface area contributed by atoms with Crippen LogP contribution < -0.4 is 15.8 Å². The van der Waals surface area contributed by atoms with Crippen LogP contribution in [0.15, 0.2) is 18.2 Å². The van der Waals surface area contributed by atoms with Crippen molar-refractivity contribution in [2.45, 2.75) is 0 Å². The average Bonchev–Trinajstić information content (AvgIpc) is 2.26. The van der Waals surface area contributed by atoms with Crippen LogP contribution >= 0.6 is 12.2 Å². The Morgan fingerprint density at radius 2 is 2.11 bits per heavy atom. The number of anilines is 1. The fourth-order valence-electron chi connectivity index (χ4n) is 1.45. The second-order valence-electron chi connectivity index (χ2n) is 3.87. The molecule has 0 aliphatic rings. The third-order valence-electron chi connectivity index (χ3n) is 2.17. The summed E-state index contributed by atoms with van der Waals surface area (Å²) in [6.07, 6.45) is 0.975. The Morgan fingerprint density at radius 1 is 1.47 bits per heavy atom. The molecule has 0 spiro atoms. The van der Waals surface area contributed by atoms with Crippen molar-refractivity contribution in [2.24, 2.45) is 5.73 Å². The summed E-state index contributed by atoms with van der Waals surface area (Å²) >= 11 is 4.87. The molecule has 6 nitrogen and oxygen atoms in total. The lowest BCUT2D eigenvalue weighted by Gasteiger charge is -2.13. The average molecular weight is 302 g/mol. The van der Waals surface area contributed by atoms with E-state index in [4.69, 9.17) is 22.7 Å². The Morgan fingerprint density at radius 3 is 2.58 bits per heavy atom. The molecule has 0 atom stereocenters. The van der Waals surface area contributed by atoms with Crippen molar-refractivity contribution in [1.29, 1.82) is 0 Å². The Bertz CT molecular complexity index is 611. The summed E-state index contributed by atoms with van der Waals surface area (Å²) < 4.78 is 27.2. The summed E-state index contributed by atoms with van der Waals surface area (Å²) in [5, 5.41) is 2.46. The van der Waals surface area contributed by atoms with Crippen molar-refractivity contribution < 1.29 is 17.9 Å². The molecule has 19 heavy (non-hydrogen) atoms. The zero-order valence-electron chi connectivity index (χ0n) is 10.5. The number of methoxy groups -OCH3 is 1. The lowest BCUT2D eigenvalue weighted by Crippen LogP contribution is -2.24. The number of hydrogen-bond acceptors (Lipinski definition) is 5. The summed E-state index contributed by atoms with van der Waals surface area (Å²) in [5.74, 6) is -0.946. The first-order chi connectivity index (χ1) is 8.74. The molecule has 0 aromatic heterocycles. The molecule has 0 saturated carbocycles. The minimum atomic E-state index is -3.41. The zero-order chi connectivity index (χ0) is 14.6. The number of benzene rings is 1. The monoisotopic (exact) mass is 302 g/mol. The first-order valence-electron chi connectivity index (χ1n) is 5.19. The standard InChI is InChI=1S/C11H14N2O4S2/c1-17-8-5-3-4-7(11(12)18)10(8)13-9(14)6-19(2,15)16/h3-5H,6H2,1-2H3,(H2,12,18)(H,13,14). The first-order valence-corrected chi connectivity index (χ1v) is 7.66. The lowest BCUT2D eigenvalue weighted by atomic mass is 10.1. The maximum atomic E-state index is 11.6. The number of ether oxygens (including phenoxy) is 1. The smallest absolute Gasteiger partial charge is 0.239 e. The second-order valence-corrected chi connectivity index (χ2v) is 6.45. The molecule has 104 valence electrons. The van der Waals surface area contributed by atoms with Crippen molar-refractivity contribution in [3.63, 3.8) is 0 Å². The van der Waals surface area contributed by atoms with Gasteiger partial charge < -0.3 is 15.8 Å². The van der Waals surface area contributed by atoms with Gasteiger partial charge in [0.25, 0.3) is 0 Å². The molecule has 0 bridgehead atoms. The quantitative estimate of drug-likeness (QED) is 0.760. The van der Waals surface area contributed by atoms with Gasteiger partial charge in [-0.05, 0) is 12.1 Å². The zero-order valence-corrected chi connectivity index (χ0v) is 12.1. The summed E-state index contributed by atoms with van der Waals surface area (Å²) in [4.78, 5) is 11.7. The minimum absolute atomic E-state index is 0.0774. The van der Waals surface area contributed by atoms with Crippen LogP contribution in [-0.2, 0) is 14.6 Å². The van der Waals surface area contributed by atoms with Gasteiger partial charge >= 0.3 is 0 Å². The number of sulfone groups is 1. The van der Waals surface area contributed by atoms with Crippen LogP contribution in [0.25, 0.3) is 0 Å². The SMILES string of the molecule is COc1cccc(C(N)=S)c1NC(=O)CS(C)(=O)=O. The second kappa shape index (κ2) is 5.98. The number of hydrogen-bond donors (Lipinski definition) is 2. The van der Waals surface area contributed by atoms with Crippen molar-refractivity contribution in [1.82, 2.24) is 0 Å². The van der Waals surface area contributed by atoms with Gasteiger partial charge in [0.15, 0.2) is 9.84 Å². The minimum Gasteiger partial charge on any atom is -0.495 e. The molecule has 0 saturated heterocycles. The van der Waals surface area contributed by atoms with E-state index in [0.29, 0.717) is 11.3 Å². The van der Waals surface area contributed by atoms with E-state index in [1.54, 1.807) is 18.2 Å². The van der Waals surface area contributed by atoms with Crippen LogP contribution in [0.3, 0.4) is 0 Å². The third-order valence-corrected chi connectivity index (χ3v) is 3.18. The Kier molecular flexibility index (Phi) is 4.84. The molecule has 1 amide bonds. The molecule has 1 aromatic carbocycles. The molecule has 0 aliphatic carbocycles. The number of nitrogens with one attached hydrogen (secondary N) is 1. The van der Waals surface area contributed by atoms with Crippen molar-refractivity contribution in [3.8, 4) is 5.75 Å². The number of thiocarbonyl (C=S) groups is 1. The molecule has 8 heteroatoms. The van der Waals surface area contributed by atoms with Crippen LogP contribution in [-0.4, -0.2) is 38.4 Å². The van der Waals surface area contributed by atoms with E-state index in [2.05, 4.69) is 5.32 Å². The van der Waals surface area contributed by atoms with Crippen LogP contribution in [0.4, 0.5) is 5.69 Å². The number of carbonyl (C=O) groups excluding carboxylic acids is 1. The van der Waals surface area contributed by atoms with Gasteiger partial charge in [0.05, 0.1) is 12.8 Å². The van der Waals surface area contributed by atoms with E-state index in [-0.39, 0.29) is 10.7 Å². The van der Waals surface area contributed by atoms with Gasteiger partial charge in [0, 0.05) is 11.8 Å². The molecule has 0 fully saturated rings. The van der Waals surface area contributed by atoms with Gasteiger partial charge in [-0.25, -0.2) is 8.42 Å². The molecule has 1 rings (SSSR count). The molecule has 0 heterocycles. The molecule has 0 aliphatic heterocycles. The summed E-state index contributed by atoms with van der Waals surface area (Å²) in [6.45, 7) is 0. The number of carbonyl (C=O) groups is 1. The van der Waals surface area contributed by atoms with Crippen molar-refractivity contribution in [2.75, 3.05) is 24.4 Å². The van der Waals surface area contributed by atoms with E-state index in [1.165, 1.54) is 7.11 Å². The van der Waals surface area contributed by atoms with Crippen molar-refractivity contribution >= 4 is 38.6 Å². The summed E-state index contributed by atoms with van der Waals surface area (Å²) in [5.41, 5.74) is 6.23. The van der Waals surface area contributed by atoms with Crippen LogP contribution in [0.5, 0.6) is 5.75 Å². The normalized spacial score (nSPS) is 10.8. The Balaban J connectivity index is 3.11. The predicted octanol–water partition coefficient (Wildman–Crippen LogP) is 0.312. The highest BCUT2D eigenvalue weighted by Crippen LogP contribution is 2.28. The van der Waals surface area contributed by atoms with Crippen LogP contribution in [0, 0.1) is 0 Å². The maximum absolute atomic E-state index is 11.6. The van der Waals surface area contributed by atoms with Gasteiger partial charge in [-0.2, -0.15) is 0 Å². The van der Waals surface area contributed by atoms with Gasteiger partial charge in [-0.3, -0.25) is 4.79 Å². The Hall–Kier alpha value is -1.67. The van der Waals surface area contributed by atoms with Gasteiger partial charge in [0.1, 0.15) is 16.5 Å². The molecule has 1 aromatic rings. The first kappa shape index (κ1) is 15.4. The lowest BCUT2D eigenvalue weighted by molar-refractivity contribution is -0.113. The van der Waals surface area contributed by atoms with E-state index >= 15 is 0 Å². The number of nitrogens with two attached hydrogens (primary N) is 1. The van der Waals surface area contributed by atoms with Crippen molar-refractivity contribution in [3.05, 3.63) is 23.8 Å². The van der Waals surface area contributed by atoms with Gasteiger partial charge in [-0.1, -0.05) is 18.3 Å². The summed E-state index contributed by atoms with van der Waals surface area (Å²) in [7, 11) is -1.99. The largest absolute Gasteiger partial charge is 0.495 e. The van der Waals surface area contributed by atoms with E-state index < -0.39 is 21.5 Å². The fourth-order valence-corrected chi connectivity index (χ4v) is 2.17. The third kappa shape index (κ3) is 4.49. The van der Waals surface area contributed by atoms with E-state index in [1.807, 2.05) is 0 Å². The van der Waals surface area contributed by atoms with Gasteiger partial charge in [-0.15, -0.1) is 0 Å². The number of para-hydroxylation sites is 1. The van der Waals surface area contributed by atoms with Gasteiger partial charge in [0.2, 0.25) is 5.91 Å². The summed E-state index contributed by atoms with van der Waals surface area (Å²) in [6, 6.07) is 4.89. The highest BCUT2D eigenvalue weighted by Gasteiger charge is 2.16. The van der Waals surface area contributed by atoms with Crippen LogP contribution in [0.1, 0.15) is 5.56 Å². The topological polar surface area (TPSA) is 98.5 Å². The van der Waals surface area contributed by atoms with E-state index in [9.17, 15) is 13.2 Å². The molecule has 0 radical (unpaired) electrons. The fraction of sp³-hybridized carbons (Fsp3) is 0.273. The molecular formula is C11H14N2O4S2. The highest BCUT2D eigenvalue weighted by molar-refractivity contribution is 7.91. The Labute approximate surface area is 116 Å². The molecule has 0 unspecified atom stereocenters. The van der Waals surface area contributed by atoms with E-state index in [0.717, 1.165) is 6.26 Å². The maximum Gasteiger partial charge on any atom is 0.239 e. The highest BCUT2D eigenvalue weighted by atomic mass is 32.2. The molecular weight excluding hydrogens is 288 g/mol. The van der Waals surface area contributed by atoms with Crippen LogP contribution in [0.2, 0.25) is 0 Å². The molecule has 3 N–H and O–H groups in total. The number of rotatable bonds is 5. The predicted molar refractivity (Wildman–Crippen MR) is 77.2 cm³/mol. The number of amides is 1.